The fourth-order valence-electron chi connectivity index (χ4n) is 0.951. The molecule has 1 heterocycles. The van der Waals surface area contributed by atoms with E-state index in [-0.39, 0.29) is 5.88 Å². The molecule has 0 aliphatic carbocycles. The molecule has 100 valence electrons. The van der Waals surface area contributed by atoms with E-state index >= 15 is 0 Å². The first-order valence-electron chi connectivity index (χ1n) is 5.00. The van der Waals surface area contributed by atoms with Gasteiger partial charge in [0.05, 0.1) is 17.9 Å². The van der Waals surface area contributed by atoms with Gasteiger partial charge < -0.3 is 15.8 Å². The Morgan fingerprint density at radius 1 is 1.56 bits per heavy atom. The van der Waals surface area contributed by atoms with Crippen molar-refractivity contribution in [3.63, 3.8) is 0 Å². The maximum atomic E-state index is 11.9. The number of nitrogens with zero attached hydrogens (tertiary/aromatic N) is 1. The van der Waals surface area contributed by atoms with Crippen LogP contribution in [0.15, 0.2) is 18.3 Å². The Morgan fingerprint density at radius 2 is 2.22 bits per heavy atom. The van der Waals surface area contributed by atoms with Crippen LogP contribution in [0.4, 0.5) is 18.9 Å². The van der Waals surface area contributed by atoms with E-state index in [2.05, 4.69) is 15.0 Å². The van der Waals surface area contributed by atoms with E-state index in [1.165, 1.54) is 25.3 Å². The van der Waals surface area contributed by atoms with Crippen LogP contribution in [0.1, 0.15) is 6.92 Å². The third kappa shape index (κ3) is 5.00. The second-order valence-corrected chi connectivity index (χ2v) is 3.57. The number of ether oxygens (including phenoxy) is 1. The number of hydrogen-bond acceptors (Lipinski definition) is 4. The first kappa shape index (κ1) is 14.2. The number of nitrogens with one attached hydrogen (secondary N) is 1. The minimum Gasteiger partial charge on any atom is -0.468 e. The molecular weight excluding hydrogens is 251 g/mol. The lowest BCUT2D eigenvalue weighted by Gasteiger charge is -2.10. The van der Waals surface area contributed by atoms with Crippen LogP contribution in [0.3, 0.4) is 0 Å². The third-order valence-electron chi connectivity index (χ3n) is 1.80. The number of nitrogens with two attached hydrogens (primary N) is 1. The number of rotatable bonds is 4. The Kier molecular flexibility index (Phi) is 4.49. The smallest absolute Gasteiger partial charge is 0.422 e. The molecule has 3 N–H and O–H groups in total. The first-order valence-corrected chi connectivity index (χ1v) is 5.00. The zero-order chi connectivity index (χ0) is 13.8. The number of halogens is 3. The van der Waals surface area contributed by atoms with E-state index < -0.39 is 24.7 Å². The quantitative estimate of drug-likeness (QED) is 0.858. The van der Waals surface area contributed by atoms with Crippen LogP contribution in [0.25, 0.3) is 0 Å². The Labute approximate surface area is 101 Å². The maximum absolute atomic E-state index is 11.9. The summed E-state index contributed by atoms with van der Waals surface area (Å²) in [5.41, 5.74) is 5.66. The lowest BCUT2D eigenvalue weighted by atomic mass is 10.3. The predicted octanol–water partition coefficient (Wildman–Crippen LogP) is 1.31. The van der Waals surface area contributed by atoms with Crippen molar-refractivity contribution in [2.24, 2.45) is 5.73 Å². The monoisotopic (exact) mass is 263 g/mol. The van der Waals surface area contributed by atoms with Crippen molar-refractivity contribution in [2.75, 3.05) is 11.9 Å². The summed E-state index contributed by atoms with van der Waals surface area (Å²) in [5.74, 6) is -0.591. The summed E-state index contributed by atoms with van der Waals surface area (Å²) < 4.78 is 40.0. The molecule has 0 aliphatic rings. The van der Waals surface area contributed by atoms with Gasteiger partial charge in [-0.05, 0) is 13.0 Å². The molecule has 0 saturated heterocycles. The SMILES string of the molecule is C[C@@H](N)C(=O)Nc1ccc(OCC(F)(F)F)nc1. The number of hydrogen-bond donors (Lipinski definition) is 2. The van der Waals surface area contributed by atoms with E-state index in [0.717, 1.165) is 0 Å². The molecule has 8 heteroatoms. The Bertz CT molecular complexity index is 404. The van der Waals surface area contributed by atoms with Crippen LogP contribution >= 0.6 is 0 Å². The van der Waals surface area contributed by atoms with E-state index in [0.29, 0.717) is 5.69 Å². The molecule has 1 rings (SSSR count). The van der Waals surface area contributed by atoms with Crippen molar-refractivity contribution in [1.29, 1.82) is 0 Å². The van der Waals surface area contributed by atoms with Crippen LogP contribution in [0, 0.1) is 0 Å². The molecule has 0 aromatic carbocycles. The van der Waals surface area contributed by atoms with Crippen molar-refractivity contribution in [3.8, 4) is 5.88 Å². The fraction of sp³-hybridized carbons (Fsp3) is 0.400. The number of aromatic nitrogens is 1. The van der Waals surface area contributed by atoms with Gasteiger partial charge >= 0.3 is 6.18 Å². The highest BCUT2D eigenvalue weighted by atomic mass is 19.4. The maximum Gasteiger partial charge on any atom is 0.422 e. The van der Waals surface area contributed by atoms with Crippen LogP contribution in [-0.4, -0.2) is 29.7 Å². The van der Waals surface area contributed by atoms with Crippen molar-refractivity contribution >= 4 is 11.6 Å². The van der Waals surface area contributed by atoms with E-state index in [4.69, 9.17) is 5.73 Å². The number of alkyl halides is 3. The minimum absolute atomic E-state index is 0.175. The minimum atomic E-state index is -4.41. The van der Waals surface area contributed by atoms with E-state index in [1.807, 2.05) is 0 Å². The summed E-state index contributed by atoms with van der Waals surface area (Å²) in [6.45, 7) is 0.0924. The third-order valence-corrected chi connectivity index (χ3v) is 1.80. The summed E-state index contributed by atoms with van der Waals surface area (Å²) in [7, 11) is 0. The predicted molar refractivity (Wildman–Crippen MR) is 58.1 cm³/mol. The normalized spacial score (nSPS) is 12.9. The highest BCUT2D eigenvalue weighted by Gasteiger charge is 2.28. The van der Waals surface area contributed by atoms with Gasteiger partial charge in [-0.3, -0.25) is 4.79 Å². The molecule has 0 bridgehead atoms. The molecule has 5 nitrogen and oxygen atoms in total. The Morgan fingerprint density at radius 3 is 2.67 bits per heavy atom. The number of carbonyl (C=O) groups is 1. The Hall–Kier alpha value is -1.83. The van der Waals surface area contributed by atoms with Gasteiger partial charge in [-0.2, -0.15) is 13.2 Å². The van der Waals surface area contributed by atoms with Crippen molar-refractivity contribution in [3.05, 3.63) is 18.3 Å². The highest BCUT2D eigenvalue weighted by Crippen LogP contribution is 2.17. The van der Waals surface area contributed by atoms with Crippen LogP contribution in [0.2, 0.25) is 0 Å². The van der Waals surface area contributed by atoms with Gasteiger partial charge in [0.1, 0.15) is 0 Å². The summed E-state index contributed by atoms with van der Waals surface area (Å²) in [6, 6.07) is 1.91. The summed E-state index contributed by atoms with van der Waals surface area (Å²) >= 11 is 0. The average molecular weight is 263 g/mol. The van der Waals surface area contributed by atoms with Crippen molar-refractivity contribution < 1.29 is 22.7 Å². The average Bonchev–Trinajstić information content (AvgIpc) is 2.27. The first-order chi connectivity index (χ1) is 8.28. The van der Waals surface area contributed by atoms with Gasteiger partial charge in [-0.15, -0.1) is 0 Å². The van der Waals surface area contributed by atoms with Gasteiger partial charge in [-0.25, -0.2) is 4.98 Å². The highest BCUT2D eigenvalue weighted by molar-refractivity contribution is 5.94. The molecule has 0 fully saturated rings. The van der Waals surface area contributed by atoms with Crippen LogP contribution < -0.4 is 15.8 Å². The fourth-order valence-corrected chi connectivity index (χ4v) is 0.951. The van der Waals surface area contributed by atoms with Crippen LogP contribution in [-0.2, 0) is 4.79 Å². The van der Waals surface area contributed by atoms with Gasteiger partial charge in [0.2, 0.25) is 11.8 Å². The number of amides is 1. The number of pyridine rings is 1. The standard InChI is InChI=1S/C10H12F3N3O2/c1-6(14)9(17)16-7-2-3-8(15-4-7)18-5-10(11,12)13/h2-4,6H,5,14H2,1H3,(H,16,17)/t6-/m1/s1. The molecule has 1 aromatic rings. The molecule has 1 atom stereocenters. The van der Waals surface area contributed by atoms with Crippen molar-refractivity contribution in [1.82, 2.24) is 4.98 Å². The summed E-state index contributed by atoms with van der Waals surface area (Å²) in [5, 5.41) is 2.44. The molecule has 18 heavy (non-hydrogen) atoms. The Balaban J connectivity index is 2.55. The zero-order valence-electron chi connectivity index (χ0n) is 9.49. The largest absolute Gasteiger partial charge is 0.468 e. The van der Waals surface area contributed by atoms with Crippen molar-refractivity contribution in [2.45, 2.75) is 19.1 Å². The summed E-state index contributed by atoms with van der Waals surface area (Å²) in [6.07, 6.45) is -3.23. The summed E-state index contributed by atoms with van der Waals surface area (Å²) in [4.78, 5) is 14.8. The molecule has 0 unspecified atom stereocenters. The second-order valence-electron chi connectivity index (χ2n) is 3.57. The van der Waals surface area contributed by atoms with E-state index in [9.17, 15) is 18.0 Å². The molecule has 0 radical (unpaired) electrons. The van der Waals surface area contributed by atoms with E-state index in [1.54, 1.807) is 0 Å². The lowest BCUT2D eigenvalue weighted by molar-refractivity contribution is -0.154. The van der Waals surface area contributed by atoms with Gasteiger partial charge in [0.15, 0.2) is 6.61 Å². The molecular formula is C10H12F3N3O2. The zero-order valence-corrected chi connectivity index (χ0v) is 9.49. The molecule has 0 aliphatic heterocycles. The number of carbonyl (C=O) groups excluding carboxylic acids is 1. The molecule has 0 spiro atoms. The van der Waals surface area contributed by atoms with Gasteiger partial charge in [0.25, 0.3) is 0 Å². The number of anilines is 1. The second kappa shape index (κ2) is 5.67. The van der Waals surface area contributed by atoms with Crippen LogP contribution in [0.5, 0.6) is 5.88 Å². The molecule has 0 saturated carbocycles. The topological polar surface area (TPSA) is 77.2 Å². The molecule has 1 amide bonds. The van der Waals surface area contributed by atoms with Gasteiger partial charge in [-0.1, -0.05) is 0 Å². The molecule has 1 aromatic heterocycles. The lowest BCUT2D eigenvalue weighted by Crippen LogP contribution is -2.32. The van der Waals surface area contributed by atoms with Gasteiger partial charge in [0, 0.05) is 6.07 Å².